The number of benzene rings is 1. The summed E-state index contributed by atoms with van der Waals surface area (Å²) in [7, 11) is 1.77. The first-order valence-corrected chi connectivity index (χ1v) is 7.72. The van der Waals surface area contributed by atoms with E-state index in [1.165, 1.54) is 11.8 Å². The fourth-order valence-electron chi connectivity index (χ4n) is 1.38. The van der Waals surface area contributed by atoms with Crippen molar-refractivity contribution < 1.29 is 4.74 Å². The van der Waals surface area contributed by atoms with E-state index in [9.17, 15) is 0 Å². The Balaban J connectivity index is 2.29. The standard InChI is InChI=1S/C13H15BrN4OS/c1-8(2)19-12-16-11(15-3)17-13(18-12)20-10-7-5-4-6-9(10)14/h4-8H,1-3H3,(H,15,16,17,18). The molecule has 1 heterocycles. The van der Waals surface area contributed by atoms with Gasteiger partial charge in [-0.05, 0) is 53.7 Å². The molecule has 20 heavy (non-hydrogen) atoms. The average Bonchev–Trinajstić information content (AvgIpc) is 2.40. The zero-order chi connectivity index (χ0) is 14.5. The lowest BCUT2D eigenvalue weighted by molar-refractivity contribution is 0.219. The highest BCUT2D eigenvalue weighted by Crippen LogP contribution is 2.32. The minimum absolute atomic E-state index is 0.0171. The highest BCUT2D eigenvalue weighted by Gasteiger charge is 2.10. The Morgan fingerprint density at radius 1 is 1.20 bits per heavy atom. The predicted octanol–water partition coefficient (Wildman–Crippen LogP) is 3.61. The van der Waals surface area contributed by atoms with Crippen molar-refractivity contribution in [3.63, 3.8) is 0 Å². The van der Waals surface area contributed by atoms with E-state index in [-0.39, 0.29) is 6.10 Å². The van der Waals surface area contributed by atoms with E-state index in [1.807, 2.05) is 38.1 Å². The average molecular weight is 355 g/mol. The molecule has 0 saturated heterocycles. The van der Waals surface area contributed by atoms with E-state index < -0.39 is 0 Å². The summed E-state index contributed by atoms with van der Waals surface area (Å²) in [5.74, 6) is 0.491. The molecule has 1 aromatic heterocycles. The van der Waals surface area contributed by atoms with Crippen molar-refractivity contribution in [3.8, 4) is 6.01 Å². The van der Waals surface area contributed by atoms with Gasteiger partial charge >= 0.3 is 6.01 Å². The summed E-state index contributed by atoms with van der Waals surface area (Å²) in [5.41, 5.74) is 0. The molecule has 1 N–H and O–H groups in total. The number of nitrogens with zero attached hydrogens (tertiary/aromatic N) is 3. The van der Waals surface area contributed by atoms with Crippen LogP contribution in [0.1, 0.15) is 13.8 Å². The van der Waals surface area contributed by atoms with Gasteiger partial charge in [0.15, 0.2) is 0 Å². The first-order chi connectivity index (χ1) is 9.58. The summed E-state index contributed by atoms with van der Waals surface area (Å²) in [6.07, 6.45) is 0.0171. The van der Waals surface area contributed by atoms with Crippen LogP contribution in [0.15, 0.2) is 38.8 Å². The van der Waals surface area contributed by atoms with Gasteiger partial charge in [0.1, 0.15) is 0 Å². The number of anilines is 1. The van der Waals surface area contributed by atoms with Crippen molar-refractivity contribution in [1.29, 1.82) is 0 Å². The van der Waals surface area contributed by atoms with Gasteiger partial charge in [-0.15, -0.1) is 0 Å². The number of aromatic nitrogens is 3. The fourth-order valence-corrected chi connectivity index (χ4v) is 2.68. The lowest BCUT2D eigenvalue weighted by atomic mass is 10.4. The second kappa shape index (κ2) is 6.90. The molecule has 0 unspecified atom stereocenters. The Hall–Kier alpha value is -1.34. The Bertz CT molecular complexity index is 594. The minimum atomic E-state index is 0.0171. The van der Waals surface area contributed by atoms with E-state index >= 15 is 0 Å². The molecule has 0 amide bonds. The molecule has 0 radical (unpaired) electrons. The van der Waals surface area contributed by atoms with Crippen LogP contribution in [-0.2, 0) is 0 Å². The fraction of sp³-hybridized carbons (Fsp3) is 0.308. The maximum Gasteiger partial charge on any atom is 0.322 e. The van der Waals surface area contributed by atoms with Crippen molar-refractivity contribution in [2.75, 3.05) is 12.4 Å². The van der Waals surface area contributed by atoms with Crippen LogP contribution in [0, 0.1) is 0 Å². The van der Waals surface area contributed by atoms with Crippen LogP contribution in [0.2, 0.25) is 0 Å². The molecule has 0 bridgehead atoms. The zero-order valence-corrected chi connectivity index (χ0v) is 13.8. The number of hydrogen-bond acceptors (Lipinski definition) is 6. The lowest BCUT2D eigenvalue weighted by Gasteiger charge is -2.10. The zero-order valence-electron chi connectivity index (χ0n) is 11.4. The summed E-state index contributed by atoms with van der Waals surface area (Å²) in [5, 5.41) is 3.50. The van der Waals surface area contributed by atoms with E-state index in [4.69, 9.17) is 4.74 Å². The molecular weight excluding hydrogens is 340 g/mol. The highest BCUT2D eigenvalue weighted by atomic mass is 79.9. The van der Waals surface area contributed by atoms with Crippen LogP contribution in [0.3, 0.4) is 0 Å². The molecule has 1 aromatic carbocycles. The summed E-state index contributed by atoms with van der Waals surface area (Å²) >= 11 is 4.97. The second-order valence-corrected chi connectivity index (χ2v) is 6.04. The second-order valence-electron chi connectivity index (χ2n) is 4.17. The molecule has 106 valence electrons. The van der Waals surface area contributed by atoms with Gasteiger partial charge in [0.25, 0.3) is 0 Å². The molecule has 7 heteroatoms. The highest BCUT2D eigenvalue weighted by molar-refractivity contribution is 9.10. The van der Waals surface area contributed by atoms with Crippen LogP contribution < -0.4 is 10.1 Å². The first-order valence-electron chi connectivity index (χ1n) is 6.11. The molecule has 5 nitrogen and oxygen atoms in total. The molecule has 0 fully saturated rings. The van der Waals surface area contributed by atoms with E-state index in [0.717, 1.165) is 9.37 Å². The molecule has 0 aliphatic rings. The quantitative estimate of drug-likeness (QED) is 0.884. The van der Waals surface area contributed by atoms with Crippen molar-refractivity contribution in [2.24, 2.45) is 0 Å². The molecule has 0 aliphatic carbocycles. The van der Waals surface area contributed by atoms with Crippen LogP contribution >= 0.6 is 27.7 Å². The van der Waals surface area contributed by atoms with Gasteiger partial charge < -0.3 is 10.1 Å². The van der Waals surface area contributed by atoms with Gasteiger partial charge in [0.05, 0.1) is 6.10 Å². The van der Waals surface area contributed by atoms with Crippen molar-refractivity contribution in [3.05, 3.63) is 28.7 Å². The lowest BCUT2D eigenvalue weighted by Crippen LogP contribution is -2.10. The third-order valence-corrected chi connectivity index (χ3v) is 4.09. The summed E-state index contributed by atoms with van der Waals surface area (Å²) in [4.78, 5) is 13.9. The third-order valence-electron chi connectivity index (χ3n) is 2.20. The predicted molar refractivity (Wildman–Crippen MR) is 83.4 cm³/mol. The molecule has 0 spiro atoms. The molecule has 0 aliphatic heterocycles. The smallest absolute Gasteiger partial charge is 0.322 e. The summed E-state index contributed by atoms with van der Waals surface area (Å²) in [6.45, 7) is 3.87. The third kappa shape index (κ3) is 4.08. The van der Waals surface area contributed by atoms with Crippen molar-refractivity contribution in [2.45, 2.75) is 30.0 Å². The van der Waals surface area contributed by atoms with Crippen molar-refractivity contribution in [1.82, 2.24) is 15.0 Å². The largest absolute Gasteiger partial charge is 0.461 e. The summed E-state index contributed by atoms with van der Waals surface area (Å²) in [6, 6.07) is 8.25. The van der Waals surface area contributed by atoms with Gasteiger partial charge in [-0.3, -0.25) is 0 Å². The number of ether oxygens (including phenoxy) is 1. The maximum absolute atomic E-state index is 5.54. The summed E-state index contributed by atoms with van der Waals surface area (Å²) < 4.78 is 6.54. The van der Waals surface area contributed by atoms with E-state index in [2.05, 4.69) is 36.2 Å². The van der Waals surface area contributed by atoms with Gasteiger partial charge in [0, 0.05) is 16.4 Å². The van der Waals surface area contributed by atoms with Crippen LogP contribution in [0.25, 0.3) is 0 Å². The molecule has 0 atom stereocenters. The van der Waals surface area contributed by atoms with Gasteiger partial charge in [0.2, 0.25) is 11.1 Å². The SMILES string of the molecule is CNc1nc(OC(C)C)nc(Sc2ccccc2Br)n1. The first kappa shape index (κ1) is 15.1. The Kier molecular flexibility index (Phi) is 5.19. The Morgan fingerprint density at radius 2 is 1.95 bits per heavy atom. The number of halogens is 1. The minimum Gasteiger partial charge on any atom is -0.461 e. The molecular formula is C13H15BrN4OS. The molecule has 2 aromatic rings. The van der Waals surface area contributed by atoms with E-state index in [1.54, 1.807) is 7.05 Å². The number of rotatable bonds is 5. The monoisotopic (exact) mass is 354 g/mol. The van der Waals surface area contributed by atoms with Gasteiger partial charge in [-0.2, -0.15) is 15.0 Å². The van der Waals surface area contributed by atoms with E-state index in [0.29, 0.717) is 17.1 Å². The van der Waals surface area contributed by atoms with Gasteiger partial charge in [-0.25, -0.2) is 0 Å². The maximum atomic E-state index is 5.54. The van der Waals surface area contributed by atoms with Crippen LogP contribution in [-0.4, -0.2) is 28.1 Å². The van der Waals surface area contributed by atoms with Gasteiger partial charge in [-0.1, -0.05) is 12.1 Å². The number of hydrogen-bond donors (Lipinski definition) is 1. The molecule has 0 saturated carbocycles. The normalized spacial score (nSPS) is 10.7. The number of nitrogens with one attached hydrogen (secondary N) is 1. The molecule has 2 rings (SSSR count). The van der Waals surface area contributed by atoms with Crippen molar-refractivity contribution >= 4 is 33.6 Å². The Morgan fingerprint density at radius 3 is 2.60 bits per heavy atom. The van der Waals surface area contributed by atoms with Crippen LogP contribution in [0.5, 0.6) is 6.01 Å². The Labute approximate surface area is 130 Å². The van der Waals surface area contributed by atoms with Crippen LogP contribution in [0.4, 0.5) is 5.95 Å². The topological polar surface area (TPSA) is 59.9 Å².